The summed E-state index contributed by atoms with van der Waals surface area (Å²) < 4.78 is 16.5. The molecule has 3 aromatic rings. The van der Waals surface area contributed by atoms with Crippen molar-refractivity contribution in [3.8, 4) is 11.4 Å². The molecule has 0 aliphatic carbocycles. The van der Waals surface area contributed by atoms with Crippen LogP contribution in [0, 0.1) is 11.7 Å². The Bertz CT molecular complexity index is 1280. The SMILES string of the molecule is Cn1nnn(-c2cc(Nc3ncc(Cl)c(NCC4CCCN5CCCCC45)n3)c(F)cc2O)c1=O. The number of phenolic OH excluding ortho intramolecular Hbond substituents is 1. The van der Waals surface area contributed by atoms with Gasteiger partial charge in [0, 0.05) is 25.7 Å². The Kier molecular flexibility index (Phi) is 6.56. The number of piperidine rings is 2. The average molecular weight is 504 g/mol. The molecule has 4 heterocycles. The van der Waals surface area contributed by atoms with E-state index in [9.17, 15) is 14.3 Å². The predicted octanol–water partition coefficient (Wildman–Crippen LogP) is 2.67. The molecule has 0 spiro atoms. The number of rotatable bonds is 6. The van der Waals surface area contributed by atoms with Gasteiger partial charge in [-0.2, -0.15) is 14.3 Å². The molecule has 13 heteroatoms. The Labute approximate surface area is 205 Å². The molecule has 0 amide bonds. The topological polar surface area (TPSA) is 126 Å². The van der Waals surface area contributed by atoms with Crippen LogP contribution < -0.4 is 16.3 Å². The molecule has 0 bridgehead atoms. The number of fused-ring (bicyclic) bond motifs is 1. The maximum Gasteiger partial charge on any atom is 0.368 e. The van der Waals surface area contributed by atoms with Gasteiger partial charge < -0.3 is 20.6 Å². The zero-order valence-corrected chi connectivity index (χ0v) is 20.0. The number of nitrogens with zero attached hydrogens (tertiary/aromatic N) is 7. The third kappa shape index (κ3) is 4.80. The minimum Gasteiger partial charge on any atom is -0.506 e. The summed E-state index contributed by atoms with van der Waals surface area (Å²) in [5.74, 6) is -0.132. The molecule has 3 N–H and O–H groups in total. The van der Waals surface area contributed by atoms with Crippen LogP contribution in [0.4, 0.5) is 21.8 Å². The molecule has 2 aromatic heterocycles. The Morgan fingerprint density at radius 3 is 2.83 bits per heavy atom. The first-order chi connectivity index (χ1) is 16.9. The molecule has 186 valence electrons. The van der Waals surface area contributed by atoms with Crippen LogP contribution in [-0.2, 0) is 7.05 Å². The quantitative estimate of drug-likeness (QED) is 0.435. The van der Waals surface area contributed by atoms with E-state index < -0.39 is 17.3 Å². The third-order valence-corrected chi connectivity index (χ3v) is 7.04. The van der Waals surface area contributed by atoms with E-state index in [0.717, 1.165) is 28.4 Å². The van der Waals surface area contributed by atoms with E-state index in [1.54, 1.807) is 0 Å². The van der Waals surface area contributed by atoms with Crippen LogP contribution in [-0.4, -0.2) is 65.4 Å². The van der Waals surface area contributed by atoms with Crippen molar-refractivity contribution in [2.75, 3.05) is 30.3 Å². The summed E-state index contributed by atoms with van der Waals surface area (Å²) in [6.07, 6.45) is 7.54. The molecule has 1 aromatic carbocycles. The van der Waals surface area contributed by atoms with Crippen molar-refractivity contribution < 1.29 is 9.50 Å². The number of nitrogens with one attached hydrogen (secondary N) is 2. The first-order valence-electron chi connectivity index (χ1n) is 11.7. The second-order valence-electron chi connectivity index (χ2n) is 9.02. The van der Waals surface area contributed by atoms with Crippen LogP contribution in [0.15, 0.2) is 23.1 Å². The van der Waals surface area contributed by atoms with E-state index in [4.69, 9.17) is 11.6 Å². The molecule has 2 aliphatic heterocycles. The van der Waals surface area contributed by atoms with Gasteiger partial charge in [-0.1, -0.05) is 18.0 Å². The molecule has 2 unspecified atom stereocenters. The largest absolute Gasteiger partial charge is 0.506 e. The summed E-state index contributed by atoms with van der Waals surface area (Å²) in [4.78, 5) is 23.4. The number of benzene rings is 1. The zero-order chi connectivity index (χ0) is 24.5. The van der Waals surface area contributed by atoms with Crippen molar-refractivity contribution in [3.63, 3.8) is 0 Å². The minimum atomic E-state index is -0.754. The van der Waals surface area contributed by atoms with Gasteiger partial charge in [-0.05, 0) is 61.2 Å². The molecule has 2 aliphatic rings. The number of tetrazole rings is 1. The molecule has 5 rings (SSSR count). The van der Waals surface area contributed by atoms with Crippen molar-refractivity contribution in [3.05, 3.63) is 39.7 Å². The first-order valence-corrected chi connectivity index (χ1v) is 12.1. The van der Waals surface area contributed by atoms with Crippen LogP contribution in [0.25, 0.3) is 5.69 Å². The smallest absolute Gasteiger partial charge is 0.368 e. The second-order valence-corrected chi connectivity index (χ2v) is 9.42. The van der Waals surface area contributed by atoms with Gasteiger partial charge in [0.05, 0.1) is 11.9 Å². The summed E-state index contributed by atoms with van der Waals surface area (Å²) in [5.41, 5.74) is -0.672. The predicted molar refractivity (Wildman–Crippen MR) is 129 cm³/mol. The van der Waals surface area contributed by atoms with E-state index in [0.29, 0.717) is 22.8 Å². The molecule has 2 saturated heterocycles. The van der Waals surface area contributed by atoms with Crippen LogP contribution in [0.5, 0.6) is 5.75 Å². The fourth-order valence-electron chi connectivity index (χ4n) is 5.00. The molecular formula is C22H27ClFN9O2. The summed E-state index contributed by atoms with van der Waals surface area (Å²) >= 11 is 6.34. The van der Waals surface area contributed by atoms with Crippen LogP contribution >= 0.6 is 11.6 Å². The molecule has 35 heavy (non-hydrogen) atoms. The fraction of sp³-hybridized carbons (Fsp3) is 0.500. The van der Waals surface area contributed by atoms with Gasteiger partial charge in [-0.3, -0.25) is 0 Å². The lowest BCUT2D eigenvalue weighted by atomic mass is 9.83. The minimum absolute atomic E-state index is 0.0337. The van der Waals surface area contributed by atoms with E-state index in [1.165, 1.54) is 58.1 Å². The van der Waals surface area contributed by atoms with Crippen molar-refractivity contribution >= 4 is 29.1 Å². The maximum absolute atomic E-state index is 14.6. The Morgan fingerprint density at radius 2 is 2.03 bits per heavy atom. The normalized spacial score (nSPS) is 20.4. The standard InChI is InChI=1S/C22H27ClFN9O2/c1-31-22(35)33(30-29-31)18-10-16(15(24)9-19(18)34)27-21-26-12-14(23)20(28-21)25-11-13-5-4-8-32-7-3-2-6-17(13)32/h9-10,12-13,17,34H,2-8,11H2,1H3,(H2,25,26,27,28). The summed E-state index contributed by atoms with van der Waals surface area (Å²) in [7, 11) is 1.42. The summed E-state index contributed by atoms with van der Waals surface area (Å²) in [6.45, 7) is 3.08. The fourth-order valence-corrected chi connectivity index (χ4v) is 5.15. The summed E-state index contributed by atoms with van der Waals surface area (Å²) in [6, 6.07) is 2.70. The number of aryl methyl sites for hydroxylation is 1. The van der Waals surface area contributed by atoms with Crippen molar-refractivity contribution in [1.29, 1.82) is 0 Å². The molecule has 0 radical (unpaired) electrons. The highest BCUT2D eigenvalue weighted by atomic mass is 35.5. The highest BCUT2D eigenvalue weighted by molar-refractivity contribution is 6.32. The lowest BCUT2D eigenvalue weighted by molar-refractivity contribution is 0.0649. The monoisotopic (exact) mass is 503 g/mol. The number of anilines is 3. The molecule has 2 atom stereocenters. The van der Waals surface area contributed by atoms with Crippen LogP contribution in [0.3, 0.4) is 0 Å². The zero-order valence-electron chi connectivity index (χ0n) is 19.3. The number of hydrogen-bond donors (Lipinski definition) is 3. The Balaban J connectivity index is 1.34. The molecule has 0 saturated carbocycles. The lowest BCUT2D eigenvalue weighted by Crippen LogP contribution is -2.49. The van der Waals surface area contributed by atoms with Crippen LogP contribution in [0.1, 0.15) is 32.1 Å². The molecular weight excluding hydrogens is 477 g/mol. The van der Waals surface area contributed by atoms with Gasteiger partial charge in [-0.25, -0.2) is 14.2 Å². The van der Waals surface area contributed by atoms with E-state index in [1.807, 2.05) is 0 Å². The van der Waals surface area contributed by atoms with Crippen molar-refractivity contribution in [1.82, 2.24) is 34.7 Å². The van der Waals surface area contributed by atoms with E-state index >= 15 is 0 Å². The lowest BCUT2D eigenvalue weighted by Gasteiger charge is -2.44. The van der Waals surface area contributed by atoms with Gasteiger partial charge >= 0.3 is 5.69 Å². The van der Waals surface area contributed by atoms with Gasteiger partial charge in [0.2, 0.25) is 5.95 Å². The molecule has 11 nitrogen and oxygen atoms in total. The number of halogens is 2. The maximum atomic E-state index is 14.6. The van der Waals surface area contributed by atoms with Gasteiger partial charge in [0.15, 0.2) is 11.6 Å². The number of aromatic nitrogens is 6. The highest BCUT2D eigenvalue weighted by Gasteiger charge is 2.32. The molecule has 2 fully saturated rings. The van der Waals surface area contributed by atoms with E-state index in [2.05, 4.69) is 35.9 Å². The van der Waals surface area contributed by atoms with Gasteiger partial charge in [-0.15, -0.1) is 0 Å². The van der Waals surface area contributed by atoms with Gasteiger partial charge in [0.1, 0.15) is 16.5 Å². The summed E-state index contributed by atoms with van der Waals surface area (Å²) in [5, 5.41) is 24.0. The number of aromatic hydroxyl groups is 1. The first kappa shape index (κ1) is 23.5. The number of phenols is 1. The Hall–Kier alpha value is -3.25. The van der Waals surface area contributed by atoms with E-state index in [-0.39, 0.29) is 17.3 Å². The highest BCUT2D eigenvalue weighted by Crippen LogP contribution is 2.32. The van der Waals surface area contributed by atoms with Crippen molar-refractivity contribution in [2.24, 2.45) is 13.0 Å². The Morgan fingerprint density at radius 1 is 1.20 bits per heavy atom. The average Bonchev–Trinajstić information content (AvgIpc) is 3.19. The number of hydrogen-bond acceptors (Lipinski definition) is 9. The second kappa shape index (κ2) is 9.78. The van der Waals surface area contributed by atoms with Gasteiger partial charge in [0.25, 0.3) is 0 Å². The van der Waals surface area contributed by atoms with Crippen LogP contribution in [0.2, 0.25) is 5.02 Å². The third-order valence-electron chi connectivity index (χ3n) is 6.76. The van der Waals surface area contributed by atoms with Crippen molar-refractivity contribution in [2.45, 2.75) is 38.1 Å².